The Hall–Kier alpha value is -2.43. The van der Waals surface area contributed by atoms with Gasteiger partial charge in [-0.1, -0.05) is 54.6 Å². The molecule has 0 radical (unpaired) electrons. The van der Waals surface area contributed by atoms with Gasteiger partial charge in [-0.15, -0.1) is 11.6 Å². The predicted molar refractivity (Wildman–Crippen MR) is 107 cm³/mol. The van der Waals surface area contributed by atoms with E-state index in [1.807, 2.05) is 91.0 Å². The molecule has 0 spiro atoms. The van der Waals surface area contributed by atoms with Gasteiger partial charge >= 0.3 is 8.80 Å². The molecule has 0 heterocycles. The fourth-order valence-corrected chi connectivity index (χ4v) is 5.39. The molecule has 0 amide bonds. The van der Waals surface area contributed by atoms with Crippen LogP contribution in [0.15, 0.2) is 91.0 Å². The Bertz CT molecular complexity index is 668. The van der Waals surface area contributed by atoms with E-state index in [-0.39, 0.29) is 0 Å². The Balaban J connectivity index is 1.94. The van der Waals surface area contributed by atoms with E-state index >= 15 is 0 Å². The summed E-state index contributed by atoms with van der Waals surface area (Å²) in [4.78, 5) is 0. The standard InChI is InChI=1S/C21H21ClO3Si/c22-17-10-18-26(23-19-11-4-1-5-12-19,24-20-13-6-2-7-14-20)25-21-15-8-3-9-16-21/h1-9,11-16H,10,17-18H2. The molecule has 0 atom stereocenters. The average molecular weight is 385 g/mol. The van der Waals surface area contributed by atoms with E-state index in [0.29, 0.717) is 11.9 Å². The van der Waals surface area contributed by atoms with Gasteiger partial charge in [0, 0.05) is 5.88 Å². The molecule has 0 bridgehead atoms. The number of alkyl halides is 1. The molecule has 5 heteroatoms. The molecule has 0 aliphatic heterocycles. The first-order valence-electron chi connectivity index (χ1n) is 8.58. The van der Waals surface area contributed by atoms with E-state index in [9.17, 15) is 0 Å². The van der Waals surface area contributed by atoms with Crippen molar-refractivity contribution in [2.45, 2.75) is 12.5 Å². The Labute approximate surface area is 160 Å². The molecule has 3 nitrogen and oxygen atoms in total. The van der Waals surface area contributed by atoms with Crippen LogP contribution >= 0.6 is 11.6 Å². The summed E-state index contributed by atoms with van der Waals surface area (Å²) in [6.07, 6.45) is 0.736. The molecule has 0 N–H and O–H groups in total. The second-order valence-corrected chi connectivity index (χ2v) is 8.58. The molecule has 0 saturated heterocycles. The molecular weight excluding hydrogens is 364 g/mol. The lowest BCUT2D eigenvalue weighted by Crippen LogP contribution is -2.54. The zero-order valence-corrected chi connectivity index (χ0v) is 16.1. The van der Waals surface area contributed by atoms with Crippen LogP contribution in [-0.2, 0) is 0 Å². The van der Waals surface area contributed by atoms with Crippen molar-refractivity contribution in [3.63, 3.8) is 0 Å². The van der Waals surface area contributed by atoms with Gasteiger partial charge in [-0.05, 0) is 42.8 Å². The molecule has 0 aliphatic carbocycles. The third-order valence-corrected chi connectivity index (χ3v) is 6.54. The second kappa shape index (κ2) is 9.32. The maximum Gasteiger partial charge on any atom is 0.699 e. The summed E-state index contributed by atoms with van der Waals surface area (Å²) in [7, 11) is -3.12. The lowest BCUT2D eigenvalue weighted by Gasteiger charge is -2.30. The van der Waals surface area contributed by atoms with Gasteiger partial charge in [-0.25, -0.2) is 0 Å². The topological polar surface area (TPSA) is 27.7 Å². The van der Waals surface area contributed by atoms with E-state index in [4.69, 9.17) is 24.9 Å². The minimum Gasteiger partial charge on any atom is -0.483 e. The Kier molecular flexibility index (Phi) is 6.58. The first-order chi connectivity index (χ1) is 12.8. The first-order valence-corrected chi connectivity index (χ1v) is 11.0. The fraction of sp³-hybridized carbons (Fsp3) is 0.143. The zero-order valence-electron chi connectivity index (χ0n) is 14.4. The number of para-hydroxylation sites is 3. The number of hydrogen-bond acceptors (Lipinski definition) is 3. The van der Waals surface area contributed by atoms with Crippen LogP contribution in [0.2, 0.25) is 6.04 Å². The molecule has 3 aromatic carbocycles. The Morgan fingerprint density at radius 2 is 0.923 bits per heavy atom. The molecule has 0 fully saturated rings. The number of rotatable bonds is 9. The summed E-state index contributed by atoms with van der Waals surface area (Å²) in [5.41, 5.74) is 0. The molecule has 0 aliphatic rings. The van der Waals surface area contributed by atoms with Gasteiger partial charge in [-0.2, -0.15) is 0 Å². The number of hydrogen-bond donors (Lipinski definition) is 0. The minimum absolute atomic E-state index is 0.517. The van der Waals surface area contributed by atoms with Gasteiger partial charge in [0.25, 0.3) is 0 Å². The van der Waals surface area contributed by atoms with E-state index in [2.05, 4.69) is 0 Å². The molecule has 26 heavy (non-hydrogen) atoms. The summed E-state index contributed by atoms with van der Waals surface area (Å²) in [5.74, 6) is 2.69. The molecule has 0 aromatic heterocycles. The molecule has 3 rings (SSSR count). The SMILES string of the molecule is ClCCC[Si](Oc1ccccc1)(Oc1ccccc1)Oc1ccccc1. The van der Waals surface area contributed by atoms with Crippen molar-refractivity contribution >= 4 is 20.4 Å². The van der Waals surface area contributed by atoms with Crippen molar-refractivity contribution in [2.75, 3.05) is 5.88 Å². The van der Waals surface area contributed by atoms with E-state index in [1.165, 1.54) is 0 Å². The normalized spacial score (nSPS) is 11.0. The van der Waals surface area contributed by atoms with Gasteiger partial charge in [0.05, 0.1) is 6.04 Å². The van der Waals surface area contributed by atoms with Crippen LogP contribution in [-0.4, -0.2) is 14.7 Å². The van der Waals surface area contributed by atoms with E-state index < -0.39 is 8.80 Å². The third-order valence-electron chi connectivity index (χ3n) is 3.67. The van der Waals surface area contributed by atoms with Crippen LogP contribution in [0.5, 0.6) is 17.2 Å². The Morgan fingerprint density at radius 1 is 0.577 bits per heavy atom. The quantitative estimate of drug-likeness (QED) is 0.345. The summed E-state index contributed by atoms with van der Waals surface area (Å²) >= 11 is 5.97. The Morgan fingerprint density at radius 3 is 1.23 bits per heavy atom. The van der Waals surface area contributed by atoms with E-state index in [0.717, 1.165) is 23.7 Å². The van der Waals surface area contributed by atoms with Crippen LogP contribution in [0.3, 0.4) is 0 Å². The van der Waals surface area contributed by atoms with Crippen molar-refractivity contribution in [3.05, 3.63) is 91.0 Å². The molecular formula is C21H21ClO3Si. The van der Waals surface area contributed by atoms with Crippen LogP contribution in [0.1, 0.15) is 6.42 Å². The highest BCUT2D eigenvalue weighted by Crippen LogP contribution is 2.27. The van der Waals surface area contributed by atoms with Gasteiger partial charge < -0.3 is 13.3 Å². The van der Waals surface area contributed by atoms with Gasteiger partial charge in [-0.3, -0.25) is 0 Å². The maximum absolute atomic E-state index is 6.35. The lowest BCUT2D eigenvalue weighted by atomic mass is 10.3. The number of halogens is 1. The monoisotopic (exact) mass is 384 g/mol. The second-order valence-electron chi connectivity index (χ2n) is 5.72. The summed E-state index contributed by atoms with van der Waals surface area (Å²) in [6.45, 7) is 0. The maximum atomic E-state index is 6.35. The van der Waals surface area contributed by atoms with Crippen LogP contribution in [0, 0.1) is 0 Å². The third kappa shape index (κ3) is 5.28. The van der Waals surface area contributed by atoms with Crippen molar-refractivity contribution in [1.82, 2.24) is 0 Å². The molecule has 0 unspecified atom stereocenters. The minimum atomic E-state index is -3.12. The molecule has 3 aromatic rings. The van der Waals surface area contributed by atoms with Gasteiger partial charge in [0.2, 0.25) is 0 Å². The van der Waals surface area contributed by atoms with Gasteiger partial charge in [0.15, 0.2) is 0 Å². The molecule has 0 saturated carbocycles. The highest BCUT2D eigenvalue weighted by atomic mass is 35.5. The smallest absolute Gasteiger partial charge is 0.483 e. The van der Waals surface area contributed by atoms with Crippen LogP contribution in [0.25, 0.3) is 0 Å². The largest absolute Gasteiger partial charge is 0.699 e. The highest BCUT2D eigenvalue weighted by Gasteiger charge is 2.48. The summed E-state index contributed by atoms with van der Waals surface area (Å²) < 4.78 is 19.0. The van der Waals surface area contributed by atoms with E-state index in [1.54, 1.807) is 0 Å². The van der Waals surface area contributed by atoms with Crippen molar-refractivity contribution in [1.29, 1.82) is 0 Å². The summed E-state index contributed by atoms with van der Waals surface area (Å²) in [5, 5.41) is 0. The highest BCUT2D eigenvalue weighted by molar-refractivity contribution is 6.63. The predicted octanol–water partition coefficient (Wildman–Crippen LogP) is 5.79. The van der Waals surface area contributed by atoms with Crippen molar-refractivity contribution < 1.29 is 13.3 Å². The number of benzene rings is 3. The average Bonchev–Trinajstić information content (AvgIpc) is 2.69. The van der Waals surface area contributed by atoms with Crippen molar-refractivity contribution in [2.24, 2.45) is 0 Å². The molecule has 134 valence electrons. The fourth-order valence-electron chi connectivity index (χ4n) is 2.50. The van der Waals surface area contributed by atoms with Crippen LogP contribution in [0.4, 0.5) is 0 Å². The zero-order chi connectivity index (χ0) is 18.1. The van der Waals surface area contributed by atoms with Gasteiger partial charge in [0.1, 0.15) is 17.2 Å². The van der Waals surface area contributed by atoms with Crippen LogP contribution < -0.4 is 13.3 Å². The van der Waals surface area contributed by atoms with Crippen molar-refractivity contribution in [3.8, 4) is 17.2 Å². The summed E-state index contributed by atoms with van der Waals surface area (Å²) in [6, 6.07) is 29.5. The lowest BCUT2D eigenvalue weighted by molar-refractivity contribution is 0.260. The first kappa shape index (κ1) is 18.4.